The van der Waals surface area contributed by atoms with Crippen LogP contribution in [0.3, 0.4) is 0 Å². The molecule has 18 heavy (non-hydrogen) atoms. The molecule has 2 aromatic rings. The van der Waals surface area contributed by atoms with Crippen molar-refractivity contribution in [3.8, 4) is 11.1 Å². The van der Waals surface area contributed by atoms with Gasteiger partial charge in [0.25, 0.3) is 0 Å². The van der Waals surface area contributed by atoms with Gasteiger partial charge in [-0.1, -0.05) is 42.8 Å². The Kier molecular flexibility index (Phi) is 4.11. The van der Waals surface area contributed by atoms with E-state index in [2.05, 4.69) is 36.5 Å². The summed E-state index contributed by atoms with van der Waals surface area (Å²) in [7, 11) is 0. The Morgan fingerprint density at radius 2 is 1.67 bits per heavy atom. The van der Waals surface area contributed by atoms with Gasteiger partial charge in [0.15, 0.2) is 0 Å². The summed E-state index contributed by atoms with van der Waals surface area (Å²) in [5.74, 6) is -0.146. The van der Waals surface area contributed by atoms with Crippen LogP contribution >= 0.6 is 0 Å². The van der Waals surface area contributed by atoms with Crippen LogP contribution in [-0.2, 0) is 6.54 Å². The number of hydrogen-bond acceptors (Lipinski definition) is 1. The molecule has 0 saturated carbocycles. The van der Waals surface area contributed by atoms with Crippen molar-refractivity contribution in [1.29, 1.82) is 0 Å². The summed E-state index contributed by atoms with van der Waals surface area (Å²) in [6.45, 7) is 5.49. The lowest BCUT2D eigenvalue weighted by Gasteiger charge is -2.08. The van der Waals surface area contributed by atoms with E-state index in [-0.39, 0.29) is 5.82 Å². The molecule has 0 spiro atoms. The van der Waals surface area contributed by atoms with Crippen molar-refractivity contribution in [3.05, 3.63) is 59.4 Å². The standard InChI is InChI=1S/C16H18FN/c1-3-18-11-15-10-14(8-9-16(15)17)13-6-4-12(2)5-7-13/h4-10,18H,3,11H2,1-2H3. The van der Waals surface area contributed by atoms with Crippen molar-refractivity contribution in [1.82, 2.24) is 5.32 Å². The van der Waals surface area contributed by atoms with E-state index in [1.807, 2.05) is 19.1 Å². The molecule has 1 N–H and O–H groups in total. The van der Waals surface area contributed by atoms with Crippen molar-refractivity contribution < 1.29 is 4.39 Å². The van der Waals surface area contributed by atoms with E-state index in [0.29, 0.717) is 6.54 Å². The van der Waals surface area contributed by atoms with Crippen LogP contribution in [0.25, 0.3) is 11.1 Å². The van der Waals surface area contributed by atoms with Crippen molar-refractivity contribution in [2.75, 3.05) is 6.54 Å². The zero-order valence-corrected chi connectivity index (χ0v) is 10.8. The first-order valence-electron chi connectivity index (χ1n) is 6.27. The lowest BCUT2D eigenvalue weighted by molar-refractivity contribution is 0.593. The maximum atomic E-state index is 13.6. The SMILES string of the molecule is CCNCc1cc(-c2ccc(C)cc2)ccc1F. The molecule has 2 rings (SSSR count). The third-order valence-electron chi connectivity index (χ3n) is 3.00. The quantitative estimate of drug-likeness (QED) is 0.858. The van der Waals surface area contributed by atoms with Gasteiger partial charge in [0.05, 0.1) is 0 Å². The Hall–Kier alpha value is -1.67. The number of nitrogens with one attached hydrogen (secondary N) is 1. The van der Waals surface area contributed by atoms with Gasteiger partial charge in [-0.05, 0) is 36.7 Å². The van der Waals surface area contributed by atoms with Crippen molar-refractivity contribution in [3.63, 3.8) is 0 Å². The van der Waals surface area contributed by atoms with Crippen LogP contribution in [0.1, 0.15) is 18.1 Å². The van der Waals surface area contributed by atoms with Gasteiger partial charge in [-0.15, -0.1) is 0 Å². The van der Waals surface area contributed by atoms with Gasteiger partial charge in [-0.2, -0.15) is 0 Å². The molecule has 0 amide bonds. The van der Waals surface area contributed by atoms with Gasteiger partial charge >= 0.3 is 0 Å². The maximum Gasteiger partial charge on any atom is 0.127 e. The Morgan fingerprint density at radius 3 is 2.33 bits per heavy atom. The molecule has 0 aliphatic carbocycles. The van der Waals surface area contributed by atoms with Gasteiger partial charge in [0.2, 0.25) is 0 Å². The number of rotatable bonds is 4. The first-order valence-corrected chi connectivity index (χ1v) is 6.27. The van der Waals surface area contributed by atoms with Gasteiger partial charge in [-0.25, -0.2) is 4.39 Å². The Balaban J connectivity index is 2.31. The topological polar surface area (TPSA) is 12.0 Å². The van der Waals surface area contributed by atoms with Crippen molar-refractivity contribution >= 4 is 0 Å². The molecule has 0 fully saturated rings. The summed E-state index contributed by atoms with van der Waals surface area (Å²) in [4.78, 5) is 0. The average molecular weight is 243 g/mol. The molecule has 0 atom stereocenters. The highest BCUT2D eigenvalue weighted by Gasteiger charge is 2.04. The molecule has 0 radical (unpaired) electrons. The molecule has 0 aliphatic heterocycles. The third-order valence-corrected chi connectivity index (χ3v) is 3.00. The summed E-state index contributed by atoms with van der Waals surface area (Å²) >= 11 is 0. The minimum Gasteiger partial charge on any atom is -0.313 e. The molecule has 2 heteroatoms. The zero-order valence-electron chi connectivity index (χ0n) is 10.8. The molecule has 0 aromatic heterocycles. The number of hydrogen-bond donors (Lipinski definition) is 1. The average Bonchev–Trinajstić information content (AvgIpc) is 2.39. The molecule has 0 unspecified atom stereocenters. The molecule has 2 aromatic carbocycles. The van der Waals surface area contributed by atoms with Crippen LogP contribution < -0.4 is 5.32 Å². The number of halogens is 1. The Morgan fingerprint density at radius 1 is 1.00 bits per heavy atom. The van der Waals surface area contributed by atoms with Crippen molar-refractivity contribution in [2.45, 2.75) is 20.4 Å². The minimum atomic E-state index is -0.146. The van der Waals surface area contributed by atoms with E-state index in [1.54, 1.807) is 6.07 Å². The second-order valence-electron chi connectivity index (χ2n) is 4.45. The summed E-state index contributed by atoms with van der Waals surface area (Å²) in [6.07, 6.45) is 0. The lowest BCUT2D eigenvalue weighted by atomic mass is 10.0. The second-order valence-corrected chi connectivity index (χ2v) is 4.45. The molecule has 94 valence electrons. The van der Waals surface area contributed by atoms with Gasteiger partial charge in [0, 0.05) is 12.1 Å². The maximum absolute atomic E-state index is 13.6. The van der Waals surface area contributed by atoms with E-state index in [1.165, 1.54) is 5.56 Å². The molecule has 0 heterocycles. The third kappa shape index (κ3) is 2.96. The van der Waals surface area contributed by atoms with Crippen LogP contribution in [0.4, 0.5) is 4.39 Å². The van der Waals surface area contributed by atoms with E-state index < -0.39 is 0 Å². The fourth-order valence-electron chi connectivity index (χ4n) is 1.90. The highest BCUT2D eigenvalue weighted by molar-refractivity contribution is 5.64. The molecule has 0 saturated heterocycles. The molecular weight excluding hydrogens is 225 g/mol. The summed E-state index contributed by atoms with van der Waals surface area (Å²) in [6, 6.07) is 13.6. The van der Waals surface area contributed by atoms with Crippen LogP contribution in [0.15, 0.2) is 42.5 Å². The number of benzene rings is 2. The number of aryl methyl sites for hydroxylation is 1. The highest BCUT2D eigenvalue weighted by atomic mass is 19.1. The minimum absolute atomic E-state index is 0.146. The van der Waals surface area contributed by atoms with Crippen LogP contribution in [-0.4, -0.2) is 6.54 Å². The summed E-state index contributed by atoms with van der Waals surface area (Å²) in [5.41, 5.74) is 4.13. The smallest absolute Gasteiger partial charge is 0.127 e. The monoisotopic (exact) mass is 243 g/mol. The van der Waals surface area contributed by atoms with E-state index >= 15 is 0 Å². The predicted molar refractivity (Wildman–Crippen MR) is 74.0 cm³/mol. The van der Waals surface area contributed by atoms with E-state index in [9.17, 15) is 4.39 Å². The molecule has 0 bridgehead atoms. The van der Waals surface area contributed by atoms with Crippen LogP contribution in [0, 0.1) is 12.7 Å². The van der Waals surface area contributed by atoms with Gasteiger partial charge < -0.3 is 5.32 Å². The Labute approximate surface area is 108 Å². The highest BCUT2D eigenvalue weighted by Crippen LogP contribution is 2.22. The zero-order chi connectivity index (χ0) is 13.0. The largest absolute Gasteiger partial charge is 0.313 e. The van der Waals surface area contributed by atoms with Crippen LogP contribution in [0.5, 0.6) is 0 Å². The molecule has 0 aliphatic rings. The van der Waals surface area contributed by atoms with Crippen molar-refractivity contribution in [2.24, 2.45) is 0 Å². The van der Waals surface area contributed by atoms with Crippen LogP contribution in [0.2, 0.25) is 0 Å². The normalized spacial score (nSPS) is 10.6. The molecule has 1 nitrogen and oxygen atoms in total. The fourth-order valence-corrected chi connectivity index (χ4v) is 1.90. The lowest BCUT2D eigenvalue weighted by Crippen LogP contribution is -2.12. The molecular formula is C16H18FN. The Bertz CT molecular complexity index is 517. The van der Waals surface area contributed by atoms with E-state index in [0.717, 1.165) is 23.2 Å². The fraction of sp³-hybridized carbons (Fsp3) is 0.250. The predicted octanol–water partition coefficient (Wildman–Crippen LogP) is 3.91. The summed E-state index contributed by atoms with van der Waals surface area (Å²) < 4.78 is 13.6. The second kappa shape index (κ2) is 5.78. The first kappa shape index (κ1) is 12.8. The van der Waals surface area contributed by atoms with Gasteiger partial charge in [0.1, 0.15) is 5.82 Å². The first-order chi connectivity index (χ1) is 8.70. The van der Waals surface area contributed by atoms with Gasteiger partial charge in [-0.3, -0.25) is 0 Å². The summed E-state index contributed by atoms with van der Waals surface area (Å²) in [5, 5.41) is 3.15. The van der Waals surface area contributed by atoms with E-state index in [4.69, 9.17) is 0 Å².